The van der Waals surface area contributed by atoms with Crippen molar-refractivity contribution in [2.75, 3.05) is 0 Å². The average molecular weight is 260 g/mol. The average Bonchev–Trinajstić information content (AvgIpc) is 2.79. The summed E-state index contributed by atoms with van der Waals surface area (Å²) in [6.07, 6.45) is 9.63. The number of hydrogen-bond acceptors (Lipinski definition) is 0. The minimum absolute atomic E-state index is 1.18. The van der Waals surface area contributed by atoms with Crippen LogP contribution >= 0.6 is 0 Å². The maximum absolute atomic E-state index is 2.34. The van der Waals surface area contributed by atoms with Gasteiger partial charge in [0.2, 0.25) is 0 Å². The Morgan fingerprint density at radius 2 is 1.30 bits per heavy atom. The summed E-state index contributed by atoms with van der Waals surface area (Å²) in [6, 6.07) is 21.5. The normalized spacial score (nSPS) is 14.9. The van der Waals surface area contributed by atoms with Crippen LogP contribution in [0.2, 0.25) is 0 Å². The third kappa shape index (κ3) is 2.91. The van der Waals surface area contributed by atoms with Gasteiger partial charge in [-0.1, -0.05) is 72.8 Å². The topological polar surface area (TPSA) is 0 Å². The second-order valence-corrected chi connectivity index (χ2v) is 5.28. The van der Waals surface area contributed by atoms with Crippen molar-refractivity contribution in [3.63, 3.8) is 0 Å². The van der Waals surface area contributed by atoms with Crippen molar-refractivity contribution in [3.8, 4) is 0 Å². The van der Waals surface area contributed by atoms with E-state index in [9.17, 15) is 0 Å². The van der Waals surface area contributed by atoms with Gasteiger partial charge in [-0.3, -0.25) is 0 Å². The summed E-state index contributed by atoms with van der Waals surface area (Å²) in [5.74, 6) is 0. The van der Waals surface area contributed by atoms with Gasteiger partial charge in [-0.25, -0.2) is 0 Å². The van der Waals surface area contributed by atoms with E-state index in [0.29, 0.717) is 0 Å². The molecule has 0 unspecified atom stereocenters. The van der Waals surface area contributed by atoms with E-state index in [4.69, 9.17) is 0 Å². The summed E-state index contributed by atoms with van der Waals surface area (Å²) < 4.78 is 0. The van der Waals surface area contributed by atoms with E-state index in [1.807, 2.05) is 0 Å². The molecular formula is C20H20. The fraction of sp³-hybridized carbons (Fsp3) is 0.200. The van der Waals surface area contributed by atoms with E-state index in [-0.39, 0.29) is 0 Å². The maximum Gasteiger partial charge on any atom is -0.00794 e. The maximum atomic E-state index is 2.34. The molecule has 0 fully saturated rings. The Hall–Kier alpha value is -2.08. The van der Waals surface area contributed by atoms with E-state index in [2.05, 4.69) is 72.8 Å². The van der Waals surface area contributed by atoms with Crippen LogP contribution in [0.5, 0.6) is 0 Å². The van der Waals surface area contributed by atoms with E-state index in [1.165, 1.54) is 48.0 Å². The fourth-order valence-corrected chi connectivity index (χ4v) is 2.84. The molecule has 3 rings (SSSR count). The molecule has 100 valence electrons. The quantitative estimate of drug-likeness (QED) is 0.657. The predicted molar refractivity (Wildman–Crippen MR) is 86.5 cm³/mol. The summed E-state index contributed by atoms with van der Waals surface area (Å²) in [7, 11) is 0. The number of benzene rings is 2. The van der Waals surface area contributed by atoms with Crippen LogP contribution in [0, 0.1) is 0 Å². The molecule has 2 aromatic carbocycles. The van der Waals surface area contributed by atoms with Gasteiger partial charge in [0.15, 0.2) is 0 Å². The van der Waals surface area contributed by atoms with Crippen LogP contribution in [-0.4, -0.2) is 0 Å². The number of hydrogen-bond donors (Lipinski definition) is 0. The lowest BCUT2D eigenvalue weighted by Gasteiger charge is -2.13. The Labute approximate surface area is 121 Å². The predicted octanol–water partition coefficient (Wildman–Crippen LogP) is 5.62. The lowest BCUT2D eigenvalue weighted by molar-refractivity contribution is 0.766. The van der Waals surface area contributed by atoms with Crippen molar-refractivity contribution in [1.82, 2.24) is 0 Å². The van der Waals surface area contributed by atoms with Gasteiger partial charge in [0.1, 0.15) is 0 Å². The molecule has 1 aliphatic carbocycles. The van der Waals surface area contributed by atoms with Crippen molar-refractivity contribution in [1.29, 1.82) is 0 Å². The minimum Gasteiger partial charge on any atom is -0.0842 e. The summed E-state index contributed by atoms with van der Waals surface area (Å²) in [5, 5.41) is 0. The van der Waals surface area contributed by atoms with Gasteiger partial charge >= 0.3 is 0 Å². The molecule has 0 bridgehead atoms. The van der Waals surface area contributed by atoms with E-state index < -0.39 is 0 Å². The van der Waals surface area contributed by atoms with Crippen molar-refractivity contribution in [3.05, 3.63) is 89.5 Å². The molecule has 1 aliphatic rings. The molecule has 0 atom stereocenters. The van der Waals surface area contributed by atoms with Gasteiger partial charge in [0, 0.05) is 0 Å². The highest BCUT2D eigenvalue weighted by atomic mass is 14.1. The molecule has 0 heterocycles. The molecule has 0 heteroatoms. The van der Waals surface area contributed by atoms with E-state index in [1.54, 1.807) is 0 Å². The molecule has 0 amide bonds. The lowest BCUT2D eigenvalue weighted by Crippen LogP contribution is -1.93. The van der Waals surface area contributed by atoms with Crippen molar-refractivity contribution in [2.45, 2.75) is 25.7 Å². The second-order valence-electron chi connectivity index (χ2n) is 5.28. The summed E-state index contributed by atoms with van der Waals surface area (Å²) in [4.78, 5) is 0. The van der Waals surface area contributed by atoms with Crippen LogP contribution in [0.25, 0.3) is 5.57 Å². The van der Waals surface area contributed by atoms with E-state index >= 15 is 0 Å². The Morgan fingerprint density at radius 3 is 1.90 bits per heavy atom. The van der Waals surface area contributed by atoms with Crippen molar-refractivity contribution in [2.24, 2.45) is 0 Å². The van der Waals surface area contributed by atoms with Gasteiger partial charge in [-0.2, -0.15) is 0 Å². The van der Waals surface area contributed by atoms with Gasteiger partial charge < -0.3 is 0 Å². The van der Waals surface area contributed by atoms with Crippen LogP contribution in [0.4, 0.5) is 0 Å². The molecule has 0 nitrogen and oxygen atoms in total. The molecule has 20 heavy (non-hydrogen) atoms. The highest BCUT2D eigenvalue weighted by Crippen LogP contribution is 2.31. The Morgan fingerprint density at radius 1 is 0.700 bits per heavy atom. The van der Waals surface area contributed by atoms with Gasteiger partial charge in [-0.15, -0.1) is 0 Å². The molecule has 0 N–H and O–H groups in total. The molecule has 0 saturated carbocycles. The molecule has 2 aromatic rings. The van der Waals surface area contributed by atoms with E-state index in [0.717, 1.165) is 0 Å². The zero-order valence-electron chi connectivity index (χ0n) is 11.8. The molecule has 0 aliphatic heterocycles. The highest BCUT2D eigenvalue weighted by Gasteiger charge is 2.11. The fourth-order valence-electron chi connectivity index (χ4n) is 2.84. The van der Waals surface area contributed by atoms with Crippen LogP contribution in [0.3, 0.4) is 0 Å². The van der Waals surface area contributed by atoms with Gasteiger partial charge in [0.05, 0.1) is 0 Å². The summed E-state index contributed by atoms with van der Waals surface area (Å²) >= 11 is 0. The third-order valence-electron chi connectivity index (χ3n) is 3.83. The number of rotatable bonds is 2. The monoisotopic (exact) mass is 260 g/mol. The largest absolute Gasteiger partial charge is 0.0842 e. The SMILES string of the molecule is C1=CC(=C(c2ccccc2)c2ccccc2)CCCC1. The van der Waals surface area contributed by atoms with Crippen molar-refractivity contribution < 1.29 is 0 Å². The first kappa shape index (κ1) is 12.9. The first-order valence-corrected chi connectivity index (χ1v) is 7.46. The molecule has 0 radical (unpaired) electrons. The first-order chi connectivity index (χ1) is 9.95. The molecular weight excluding hydrogens is 240 g/mol. The lowest BCUT2D eigenvalue weighted by atomic mass is 9.91. The second kappa shape index (κ2) is 6.38. The minimum atomic E-state index is 1.18. The summed E-state index contributed by atoms with van der Waals surface area (Å²) in [5.41, 5.74) is 5.50. The van der Waals surface area contributed by atoms with Crippen LogP contribution in [0.15, 0.2) is 78.4 Å². The third-order valence-corrected chi connectivity index (χ3v) is 3.83. The number of allylic oxidation sites excluding steroid dienone is 3. The zero-order valence-corrected chi connectivity index (χ0v) is 11.8. The standard InChI is InChI=1S/C20H20/c1-2-6-12-17(11-5-1)20(18-13-7-3-8-14-18)19-15-9-4-10-16-19/h3-5,7-11,13-16H,1-2,6,12H2. The molecule has 0 saturated heterocycles. The molecule has 0 spiro atoms. The van der Waals surface area contributed by atoms with Crippen LogP contribution in [-0.2, 0) is 0 Å². The smallest absolute Gasteiger partial charge is 0.00794 e. The van der Waals surface area contributed by atoms with Crippen LogP contribution < -0.4 is 0 Å². The van der Waals surface area contributed by atoms with Gasteiger partial charge in [-0.05, 0) is 48.0 Å². The van der Waals surface area contributed by atoms with Gasteiger partial charge in [0.25, 0.3) is 0 Å². The molecule has 0 aromatic heterocycles. The highest BCUT2D eigenvalue weighted by molar-refractivity contribution is 5.83. The Kier molecular flexibility index (Phi) is 4.13. The summed E-state index contributed by atoms with van der Waals surface area (Å²) in [6.45, 7) is 0. The van der Waals surface area contributed by atoms with Crippen molar-refractivity contribution >= 4 is 5.57 Å². The van der Waals surface area contributed by atoms with Crippen LogP contribution in [0.1, 0.15) is 36.8 Å². The Bertz CT molecular complexity index is 562. The Balaban J connectivity index is 2.15. The first-order valence-electron chi connectivity index (χ1n) is 7.46. The zero-order chi connectivity index (χ0) is 13.6.